The Labute approximate surface area is 202 Å². The van der Waals surface area contributed by atoms with Gasteiger partial charge in [0.2, 0.25) is 0 Å². The van der Waals surface area contributed by atoms with Gasteiger partial charge < -0.3 is 9.30 Å². The smallest absolute Gasteiger partial charge is 0.336 e. The molecule has 7 nitrogen and oxygen atoms in total. The molecule has 0 unspecified atom stereocenters. The number of nitrogens with one attached hydrogen (secondary N) is 1. The predicted molar refractivity (Wildman–Crippen MR) is 134 cm³/mol. The van der Waals surface area contributed by atoms with Gasteiger partial charge in [-0.25, -0.2) is 9.69 Å². The lowest BCUT2D eigenvalue weighted by atomic mass is 10.1. The van der Waals surface area contributed by atoms with E-state index in [2.05, 4.69) is 9.88 Å². The molecule has 0 saturated carbocycles. The second-order valence-corrected chi connectivity index (χ2v) is 8.07. The first-order chi connectivity index (χ1) is 17.1. The van der Waals surface area contributed by atoms with Gasteiger partial charge in [0, 0.05) is 29.2 Å². The van der Waals surface area contributed by atoms with E-state index in [1.54, 1.807) is 30.3 Å². The number of ether oxygens (including phenoxy) is 1. The lowest BCUT2D eigenvalue weighted by molar-refractivity contribution is -0.122. The molecule has 0 bridgehead atoms. The molecule has 174 valence electrons. The number of aromatic nitrogens is 1. The standard InChI is InChI=1S/C28H23N3O4/c1-2-35-25-15-9-8-14-24(25)31-27(33)22(26(32)29-28(31)34)16-20-18-30(17-19-10-4-3-5-11-19)23-13-7-6-12-21(20)23/h3-16,18H,2,17H2,1H3,(H,29,32,34). The number of rotatable bonds is 6. The number of amides is 4. The van der Waals surface area contributed by atoms with Crippen molar-refractivity contribution >= 4 is 40.5 Å². The maximum Gasteiger partial charge on any atom is 0.336 e. The Hall–Kier alpha value is -4.65. The van der Waals surface area contributed by atoms with Crippen molar-refractivity contribution in [3.63, 3.8) is 0 Å². The summed E-state index contributed by atoms with van der Waals surface area (Å²) < 4.78 is 7.68. The predicted octanol–water partition coefficient (Wildman–Crippen LogP) is 4.75. The van der Waals surface area contributed by atoms with Crippen LogP contribution in [0.4, 0.5) is 10.5 Å². The van der Waals surface area contributed by atoms with Crippen LogP contribution in [0, 0.1) is 0 Å². The van der Waals surface area contributed by atoms with E-state index >= 15 is 0 Å². The second kappa shape index (κ2) is 9.30. The van der Waals surface area contributed by atoms with Gasteiger partial charge in [-0.2, -0.15) is 0 Å². The molecule has 1 aliphatic heterocycles. The summed E-state index contributed by atoms with van der Waals surface area (Å²) in [6, 6.07) is 23.8. The third kappa shape index (κ3) is 4.19. The summed E-state index contributed by atoms with van der Waals surface area (Å²) in [4.78, 5) is 39.8. The molecule has 4 amide bonds. The highest BCUT2D eigenvalue weighted by Crippen LogP contribution is 2.32. The summed E-state index contributed by atoms with van der Waals surface area (Å²) in [5.74, 6) is -1.05. The molecule has 3 aromatic carbocycles. The van der Waals surface area contributed by atoms with Crippen LogP contribution in [0.1, 0.15) is 18.1 Å². The minimum Gasteiger partial charge on any atom is -0.492 e. The van der Waals surface area contributed by atoms with E-state index < -0.39 is 17.8 Å². The van der Waals surface area contributed by atoms with E-state index in [1.807, 2.05) is 67.7 Å². The molecule has 1 aliphatic rings. The summed E-state index contributed by atoms with van der Waals surface area (Å²) in [5, 5.41) is 3.19. The van der Waals surface area contributed by atoms with E-state index in [0.29, 0.717) is 24.5 Å². The van der Waals surface area contributed by atoms with Crippen molar-refractivity contribution in [1.82, 2.24) is 9.88 Å². The lowest BCUT2D eigenvalue weighted by Gasteiger charge is -2.27. The van der Waals surface area contributed by atoms with E-state index in [1.165, 1.54) is 0 Å². The van der Waals surface area contributed by atoms with Crippen LogP contribution < -0.4 is 15.0 Å². The first-order valence-electron chi connectivity index (χ1n) is 11.3. The second-order valence-electron chi connectivity index (χ2n) is 8.07. The number of anilines is 1. The van der Waals surface area contributed by atoms with Crippen molar-refractivity contribution in [2.75, 3.05) is 11.5 Å². The van der Waals surface area contributed by atoms with Gasteiger partial charge in [0.1, 0.15) is 11.3 Å². The molecule has 0 radical (unpaired) electrons. The molecule has 1 N–H and O–H groups in total. The van der Waals surface area contributed by atoms with Crippen molar-refractivity contribution in [1.29, 1.82) is 0 Å². The summed E-state index contributed by atoms with van der Waals surface area (Å²) in [6.07, 6.45) is 3.46. The molecular weight excluding hydrogens is 442 g/mol. The van der Waals surface area contributed by atoms with Crippen LogP contribution in [-0.4, -0.2) is 29.0 Å². The fourth-order valence-electron chi connectivity index (χ4n) is 4.25. The molecule has 0 atom stereocenters. The summed E-state index contributed by atoms with van der Waals surface area (Å²) in [7, 11) is 0. The number of imide groups is 2. The molecule has 1 saturated heterocycles. The van der Waals surface area contributed by atoms with Crippen LogP contribution in [0.3, 0.4) is 0 Å². The number of hydrogen-bond acceptors (Lipinski definition) is 4. The van der Waals surface area contributed by atoms with Crippen molar-refractivity contribution in [3.05, 3.63) is 102 Å². The molecule has 1 fully saturated rings. The maximum atomic E-state index is 13.5. The Balaban J connectivity index is 1.57. The Kier molecular flexibility index (Phi) is 5.89. The number of para-hydroxylation sites is 3. The monoisotopic (exact) mass is 465 g/mol. The Bertz CT molecular complexity index is 1470. The molecule has 4 aromatic rings. The van der Waals surface area contributed by atoms with Crippen LogP contribution >= 0.6 is 0 Å². The number of benzene rings is 3. The summed E-state index contributed by atoms with van der Waals surface area (Å²) in [5.41, 5.74) is 2.97. The molecule has 35 heavy (non-hydrogen) atoms. The number of nitrogens with zero attached hydrogens (tertiary/aromatic N) is 2. The first kappa shape index (κ1) is 22.2. The van der Waals surface area contributed by atoms with Gasteiger partial charge in [0.25, 0.3) is 11.8 Å². The fraction of sp³-hybridized carbons (Fsp3) is 0.107. The van der Waals surface area contributed by atoms with Gasteiger partial charge in [-0.05, 0) is 36.8 Å². The molecule has 1 aromatic heterocycles. The third-order valence-corrected chi connectivity index (χ3v) is 5.82. The minimum absolute atomic E-state index is 0.126. The number of carbonyl (C=O) groups excluding carboxylic acids is 3. The van der Waals surface area contributed by atoms with Crippen molar-refractivity contribution in [2.24, 2.45) is 0 Å². The quantitative estimate of drug-likeness (QED) is 0.329. The Morgan fingerprint density at radius 1 is 0.886 bits per heavy atom. The van der Waals surface area contributed by atoms with Gasteiger partial charge in [0.15, 0.2) is 0 Å². The van der Waals surface area contributed by atoms with E-state index in [4.69, 9.17) is 4.74 Å². The highest BCUT2D eigenvalue weighted by Gasteiger charge is 2.38. The average molecular weight is 466 g/mol. The van der Waals surface area contributed by atoms with Crippen LogP contribution in [0.15, 0.2) is 90.6 Å². The Morgan fingerprint density at radius 2 is 1.60 bits per heavy atom. The highest BCUT2D eigenvalue weighted by atomic mass is 16.5. The molecule has 0 aliphatic carbocycles. The third-order valence-electron chi connectivity index (χ3n) is 5.82. The number of carbonyl (C=O) groups is 3. The van der Waals surface area contributed by atoms with Gasteiger partial charge in [0.05, 0.1) is 12.3 Å². The van der Waals surface area contributed by atoms with E-state index in [9.17, 15) is 14.4 Å². The van der Waals surface area contributed by atoms with Crippen molar-refractivity contribution in [3.8, 4) is 5.75 Å². The van der Waals surface area contributed by atoms with Crippen molar-refractivity contribution in [2.45, 2.75) is 13.5 Å². The highest BCUT2D eigenvalue weighted by molar-refractivity contribution is 6.39. The van der Waals surface area contributed by atoms with Gasteiger partial charge in [-0.1, -0.05) is 60.7 Å². The minimum atomic E-state index is -0.809. The van der Waals surface area contributed by atoms with Gasteiger partial charge in [-0.15, -0.1) is 0 Å². The van der Waals surface area contributed by atoms with E-state index in [0.717, 1.165) is 21.4 Å². The molecular formula is C28H23N3O4. The molecule has 7 heteroatoms. The van der Waals surface area contributed by atoms with Crippen LogP contribution in [0.25, 0.3) is 17.0 Å². The topological polar surface area (TPSA) is 80.6 Å². The van der Waals surface area contributed by atoms with Crippen LogP contribution in [-0.2, 0) is 16.1 Å². The molecule has 5 rings (SSSR count). The Morgan fingerprint density at radius 3 is 2.40 bits per heavy atom. The number of barbiturate groups is 1. The number of hydrogen-bond donors (Lipinski definition) is 1. The SMILES string of the molecule is CCOc1ccccc1N1C(=O)NC(=O)C(=Cc2cn(Cc3ccccc3)c3ccccc23)C1=O. The van der Waals surface area contributed by atoms with Crippen molar-refractivity contribution < 1.29 is 19.1 Å². The zero-order valence-electron chi connectivity index (χ0n) is 19.1. The van der Waals surface area contributed by atoms with Crippen LogP contribution in [0.5, 0.6) is 5.75 Å². The fourth-order valence-corrected chi connectivity index (χ4v) is 4.25. The van der Waals surface area contributed by atoms with Gasteiger partial charge in [-0.3, -0.25) is 14.9 Å². The first-order valence-corrected chi connectivity index (χ1v) is 11.3. The summed E-state index contributed by atoms with van der Waals surface area (Å²) in [6.45, 7) is 2.81. The number of fused-ring (bicyclic) bond motifs is 1. The summed E-state index contributed by atoms with van der Waals surface area (Å²) >= 11 is 0. The molecule has 2 heterocycles. The van der Waals surface area contributed by atoms with Crippen LogP contribution in [0.2, 0.25) is 0 Å². The molecule has 0 spiro atoms. The normalized spacial score (nSPS) is 15.1. The zero-order valence-corrected chi connectivity index (χ0v) is 19.1. The maximum absolute atomic E-state index is 13.5. The van der Waals surface area contributed by atoms with Gasteiger partial charge >= 0.3 is 6.03 Å². The van der Waals surface area contributed by atoms with E-state index in [-0.39, 0.29) is 11.3 Å². The largest absolute Gasteiger partial charge is 0.492 e. The average Bonchev–Trinajstić information content (AvgIpc) is 3.20. The number of urea groups is 1. The zero-order chi connectivity index (χ0) is 24.4. The lowest BCUT2D eigenvalue weighted by Crippen LogP contribution is -2.54.